The van der Waals surface area contributed by atoms with Gasteiger partial charge in [-0.25, -0.2) is 0 Å². The van der Waals surface area contributed by atoms with Gasteiger partial charge in [0.1, 0.15) is 0 Å². The molecule has 0 aliphatic heterocycles. The van der Waals surface area contributed by atoms with E-state index >= 15 is 0 Å². The first-order chi connectivity index (χ1) is 9.95. The van der Waals surface area contributed by atoms with Crippen LogP contribution in [0.1, 0.15) is 0 Å². The summed E-state index contributed by atoms with van der Waals surface area (Å²) in [7, 11) is 0. The molecule has 0 saturated carbocycles. The highest BCUT2D eigenvalue weighted by Crippen LogP contribution is 2.35. The smallest absolute Gasteiger partial charge is 0.262 e. The molecule has 0 aliphatic rings. The van der Waals surface area contributed by atoms with E-state index < -0.39 is 0 Å². The number of nitrogen functional groups attached to an aromatic ring is 1. The van der Waals surface area contributed by atoms with Crippen molar-refractivity contribution in [1.82, 2.24) is 0 Å². The minimum atomic E-state index is -0.346. The van der Waals surface area contributed by atoms with Crippen LogP contribution in [-0.4, -0.2) is 12.5 Å². The first kappa shape index (κ1) is 15.8. The van der Waals surface area contributed by atoms with Crippen molar-refractivity contribution in [3.8, 4) is 5.75 Å². The van der Waals surface area contributed by atoms with Gasteiger partial charge in [0.2, 0.25) is 0 Å². The van der Waals surface area contributed by atoms with Crippen LogP contribution in [0.15, 0.2) is 36.4 Å². The first-order valence-corrected chi connectivity index (χ1v) is 7.02. The molecule has 1 amide bonds. The van der Waals surface area contributed by atoms with Crippen molar-refractivity contribution in [1.29, 1.82) is 0 Å². The zero-order valence-corrected chi connectivity index (χ0v) is 13.0. The van der Waals surface area contributed by atoms with Crippen LogP contribution in [0.3, 0.4) is 0 Å². The number of anilines is 2. The predicted molar refractivity (Wildman–Crippen MR) is 86.5 cm³/mol. The van der Waals surface area contributed by atoms with E-state index in [2.05, 4.69) is 5.32 Å². The minimum Gasteiger partial charge on any atom is -0.481 e. The molecular formula is C14H11Cl3N2O2. The number of amides is 1. The Kier molecular flexibility index (Phi) is 5.17. The highest BCUT2D eigenvalue weighted by molar-refractivity contribution is 6.37. The Labute approximate surface area is 136 Å². The molecule has 4 nitrogen and oxygen atoms in total. The number of hydrogen-bond donors (Lipinski definition) is 2. The lowest BCUT2D eigenvalue weighted by molar-refractivity contribution is -0.118. The molecule has 0 bridgehead atoms. The largest absolute Gasteiger partial charge is 0.481 e. The van der Waals surface area contributed by atoms with Gasteiger partial charge in [0.25, 0.3) is 5.91 Å². The summed E-state index contributed by atoms with van der Waals surface area (Å²) in [6.45, 7) is -0.230. The van der Waals surface area contributed by atoms with Crippen molar-refractivity contribution < 1.29 is 9.53 Å². The molecule has 2 aromatic carbocycles. The normalized spacial score (nSPS) is 10.2. The Morgan fingerprint density at radius 2 is 1.67 bits per heavy atom. The molecule has 0 atom stereocenters. The standard InChI is InChI=1S/C14H11Cl3N2O2/c15-8-1-3-10(4-2-8)19-13(20)7-21-14-11(16)5-9(18)6-12(14)17/h1-6H,7,18H2,(H,19,20). The van der Waals surface area contributed by atoms with E-state index in [0.29, 0.717) is 16.4 Å². The number of ether oxygens (including phenoxy) is 1. The van der Waals surface area contributed by atoms with Crippen LogP contribution in [0.5, 0.6) is 5.75 Å². The maximum atomic E-state index is 11.8. The molecule has 0 radical (unpaired) electrons. The minimum absolute atomic E-state index is 0.221. The fraction of sp³-hybridized carbons (Fsp3) is 0.0714. The fourth-order valence-corrected chi connectivity index (χ4v) is 2.32. The van der Waals surface area contributed by atoms with Gasteiger partial charge in [-0.15, -0.1) is 0 Å². The van der Waals surface area contributed by atoms with Gasteiger partial charge in [0.05, 0.1) is 10.0 Å². The van der Waals surface area contributed by atoms with Crippen molar-refractivity contribution in [2.75, 3.05) is 17.7 Å². The summed E-state index contributed by atoms with van der Waals surface area (Å²) < 4.78 is 5.32. The van der Waals surface area contributed by atoms with Crippen LogP contribution >= 0.6 is 34.8 Å². The van der Waals surface area contributed by atoms with Crippen LogP contribution in [0.4, 0.5) is 11.4 Å². The zero-order valence-electron chi connectivity index (χ0n) is 10.7. The number of halogens is 3. The SMILES string of the molecule is Nc1cc(Cl)c(OCC(=O)Nc2ccc(Cl)cc2)c(Cl)c1. The van der Waals surface area contributed by atoms with E-state index in [0.717, 1.165) is 0 Å². The number of nitrogens with one attached hydrogen (secondary N) is 1. The first-order valence-electron chi connectivity index (χ1n) is 5.88. The molecule has 0 heterocycles. The van der Waals surface area contributed by atoms with E-state index in [1.54, 1.807) is 24.3 Å². The number of rotatable bonds is 4. The number of nitrogens with two attached hydrogens (primary N) is 1. The van der Waals surface area contributed by atoms with Crippen LogP contribution < -0.4 is 15.8 Å². The zero-order chi connectivity index (χ0) is 15.4. The van der Waals surface area contributed by atoms with E-state index in [9.17, 15) is 4.79 Å². The summed E-state index contributed by atoms with van der Waals surface area (Å²) in [4.78, 5) is 11.8. The van der Waals surface area contributed by atoms with E-state index in [1.165, 1.54) is 12.1 Å². The molecule has 0 aromatic heterocycles. The second kappa shape index (κ2) is 6.89. The topological polar surface area (TPSA) is 64.3 Å². The van der Waals surface area contributed by atoms with Crippen LogP contribution in [-0.2, 0) is 4.79 Å². The van der Waals surface area contributed by atoms with E-state index in [1.807, 2.05) is 0 Å². The lowest BCUT2D eigenvalue weighted by atomic mass is 10.3. The maximum Gasteiger partial charge on any atom is 0.262 e. The number of carbonyl (C=O) groups excluding carboxylic acids is 1. The van der Waals surface area contributed by atoms with Crippen molar-refractivity contribution >= 4 is 52.1 Å². The monoisotopic (exact) mass is 344 g/mol. The molecule has 0 saturated heterocycles. The Bertz CT molecular complexity index is 637. The van der Waals surface area contributed by atoms with Gasteiger partial charge in [0.15, 0.2) is 12.4 Å². The van der Waals surface area contributed by atoms with Gasteiger partial charge in [-0.1, -0.05) is 34.8 Å². The lowest BCUT2D eigenvalue weighted by Gasteiger charge is -2.11. The average molecular weight is 346 g/mol. The average Bonchev–Trinajstić information content (AvgIpc) is 2.40. The Morgan fingerprint density at radius 3 is 2.24 bits per heavy atom. The summed E-state index contributed by atoms with van der Waals surface area (Å²) in [6, 6.07) is 9.71. The second-order valence-corrected chi connectivity index (χ2v) is 5.41. The predicted octanol–water partition coefficient (Wildman–Crippen LogP) is 4.25. The molecule has 0 unspecified atom stereocenters. The van der Waals surface area contributed by atoms with Gasteiger partial charge in [-0.05, 0) is 36.4 Å². The summed E-state index contributed by atoms with van der Waals surface area (Å²) in [6.07, 6.45) is 0. The molecule has 7 heteroatoms. The summed E-state index contributed by atoms with van der Waals surface area (Å²) in [5.74, 6) is -0.125. The number of hydrogen-bond acceptors (Lipinski definition) is 3. The highest BCUT2D eigenvalue weighted by Gasteiger charge is 2.11. The Hall–Kier alpha value is -1.62. The highest BCUT2D eigenvalue weighted by atomic mass is 35.5. The molecule has 0 aliphatic carbocycles. The Morgan fingerprint density at radius 1 is 1.10 bits per heavy atom. The molecule has 0 fully saturated rings. The van der Waals surface area contributed by atoms with E-state index in [-0.39, 0.29) is 28.3 Å². The third kappa shape index (κ3) is 4.43. The fourth-order valence-electron chi connectivity index (χ4n) is 1.59. The number of carbonyl (C=O) groups is 1. The van der Waals surface area contributed by atoms with Gasteiger partial charge >= 0.3 is 0 Å². The van der Waals surface area contributed by atoms with Crippen molar-refractivity contribution in [3.63, 3.8) is 0 Å². The van der Waals surface area contributed by atoms with Crippen LogP contribution in [0, 0.1) is 0 Å². The summed E-state index contributed by atoms with van der Waals surface area (Å²) >= 11 is 17.7. The molecule has 3 N–H and O–H groups in total. The van der Waals surface area contributed by atoms with Crippen LogP contribution in [0.2, 0.25) is 15.1 Å². The third-order valence-electron chi connectivity index (χ3n) is 2.50. The Balaban J connectivity index is 1.97. The van der Waals surface area contributed by atoms with Crippen LogP contribution in [0.25, 0.3) is 0 Å². The lowest BCUT2D eigenvalue weighted by Crippen LogP contribution is -2.20. The van der Waals surface area contributed by atoms with Gasteiger partial charge in [0, 0.05) is 16.4 Å². The quantitative estimate of drug-likeness (QED) is 0.814. The van der Waals surface area contributed by atoms with Crippen molar-refractivity contribution in [2.24, 2.45) is 0 Å². The van der Waals surface area contributed by atoms with E-state index in [4.69, 9.17) is 45.3 Å². The van der Waals surface area contributed by atoms with Crippen molar-refractivity contribution in [2.45, 2.75) is 0 Å². The second-order valence-electron chi connectivity index (χ2n) is 4.16. The van der Waals surface area contributed by atoms with Gasteiger partial charge < -0.3 is 15.8 Å². The van der Waals surface area contributed by atoms with Gasteiger partial charge in [-0.3, -0.25) is 4.79 Å². The molecule has 2 rings (SSSR count). The molecule has 2 aromatic rings. The molecule has 0 spiro atoms. The third-order valence-corrected chi connectivity index (χ3v) is 3.31. The van der Waals surface area contributed by atoms with Gasteiger partial charge in [-0.2, -0.15) is 0 Å². The molecule has 21 heavy (non-hydrogen) atoms. The maximum absolute atomic E-state index is 11.8. The molecular weight excluding hydrogens is 335 g/mol. The molecule has 110 valence electrons. The summed E-state index contributed by atoms with van der Waals surface area (Å²) in [5, 5.41) is 3.74. The summed E-state index contributed by atoms with van der Waals surface area (Å²) in [5.41, 5.74) is 6.62. The number of benzene rings is 2. The van der Waals surface area contributed by atoms with Crippen molar-refractivity contribution in [3.05, 3.63) is 51.5 Å².